The first-order valence-corrected chi connectivity index (χ1v) is 12.7. The van der Waals surface area contributed by atoms with Crippen molar-refractivity contribution < 1.29 is 38.0 Å². The summed E-state index contributed by atoms with van der Waals surface area (Å²) >= 11 is 0. The maximum Gasteiger partial charge on any atom is 0.495 e. The zero-order valence-corrected chi connectivity index (χ0v) is 24.0. The van der Waals surface area contributed by atoms with E-state index < -0.39 is 60.3 Å². The number of carboxylic acids is 1. The summed E-state index contributed by atoms with van der Waals surface area (Å²) in [5.41, 5.74) is -0.929. The molecular formula is C26H41B2NO8. The first kappa shape index (κ1) is 29.5. The van der Waals surface area contributed by atoms with Crippen molar-refractivity contribution in [3.05, 3.63) is 23.8 Å². The van der Waals surface area contributed by atoms with Crippen molar-refractivity contribution in [2.45, 2.75) is 117 Å². The number of hydrogen-bond acceptors (Lipinski definition) is 7. The normalized spacial score (nSPS) is 22.6. The van der Waals surface area contributed by atoms with E-state index >= 15 is 0 Å². The minimum atomic E-state index is -1.22. The van der Waals surface area contributed by atoms with Crippen LogP contribution in [0.1, 0.15) is 81.7 Å². The summed E-state index contributed by atoms with van der Waals surface area (Å²) in [5, 5.41) is 12.3. The van der Waals surface area contributed by atoms with E-state index in [-0.39, 0.29) is 6.42 Å². The van der Waals surface area contributed by atoms with Gasteiger partial charge >= 0.3 is 26.3 Å². The van der Waals surface area contributed by atoms with Crippen molar-refractivity contribution in [2.24, 2.45) is 0 Å². The van der Waals surface area contributed by atoms with Crippen LogP contribution in [0.3, 0.4) is 0 Å². The average Bonchev–Trinajstić information content (AvgIpc) is 3.05. The van der Waals surface area contributed by atoms with E-state index in [0.29, 0.717) is 11.0 Å². The number of amides is 1. The SMILES string of the molecule is CC(C)(C)OC(=O)N[C@@H](Cc1ccc(B2OC(C)(C)C(C)(C)O2)cc1B1OC(C)(C)C(C)(C)O1)C(=O)O. The fourth-order valence-corrected chi connectivity index (χ4v) is 3.98. The van der Waals surface area contributed by atoms with E-state index in [1.807, 2.05) is 73.6 Å². The minimum Gasteiger partial charge on any atom is -0.480 e. The van der Waals surface area contributed by atoms with Gasteiger partial charge in [0.15, 0.2) is 0 Å². The molecule has 0 aromatic heterocycles. The van der Waals surface area contributed by atoms with Gasteiger partial charge in [0, 0.05) is 6.42 Å². The van der Waals surface area contributed by atoms with Gasteiger partial charge in [-0.2, -0.15) is 0 Å². The number of alkyl carbamates (subject to hydrolysis) is 1. The zero-order valence-electron chi connectivity index (χ0n) is 24.0. The molecule has 2 saturated heterocycles. The molecule has 9 nitrogen and oxygen atoms in total. The van der Waals surface area contributed by atoms with Crippen molar-refractivity contribution in [1.82, 2.24) is 5.32 Å². The third kappa shape index (κ3) is 6.33. The molecular weight excluding hydrogens is 476 g/mol. The van der Waals surface area contributed by atoms with Crippen LogP contribution in [-0.2, 0) is 34.6 Å². The summed E-state index contributed by atoms with van der Waals surface area (Å²) in [7, 11) is -1.37. The van der Waals surface area contributed by atoms with Gasteiger partial charge in [0.2, 0.25) is 0 Å². The Morgan fingerprint density at radius 2 is 1.35 bits per heavy atom. The first-order chi connectivity index (χ1) is 16.6. The molecule has 0 unspecified atom stereocenters. The highest BCUT2D eigenvalue weighted by molar-refractivity contribution is 6.66. The zero-order chi connectivity index (χ0) is 28.2. The maximum absolute atomic E-state index is 12.3. The molecule has 2 heterocycles. The quantitative estimate of drug-likeness (QED) is 0.555. The second-order valence-electron chi connectivity index (χ2n) is 12.9. The highest BCUT2D eigenvalue weighted by Gasteiger charge is 2.54. The Kier molecular flexibility index (Phi) is 7.64. The van der Waals surface area contributed by atoms with E-state index in [1.54, 1.807) is 20.8 Å². The van der Waals surface area contributed by atoms with Gasteiger partial charge in [0.1, 0.15) is 11.6 Å². The fourth-order valence-electron chi connectivity index (χ4n) is 3.98. The molecule has 1 aromatic rings. The van der Waals surface area contributed by atoms with Crippen LogP contribution < -0.4 is 16.2 Å². The van der Waals surface area contributed by atoms with Crippen LogP contribution in [0.5, 0.6) is 0 Å². The molecule has 1 aromatic carbocycles. The molecule has 3 rings (SSSR count). The van der Waals surface area contributed by atoms with Crippen molar-refractivity contribution in [1.29, 1.82) is 0 Å². The monoisotopic (exact) mass is 517 g/mol. The number of nitrogens with one attached hydrogen (secondary N) is 1. The second kappa shape index (κ2) is 9.59. The van der Waals surface area contributed by atoms with Gasteiger partial charge in [-0.1, -0.05) is 18.2 Å². The van der Waals surface area contributed by atoms with Crippen LogP contribution in [-0.4, -0.2) is 65.5 Å². The predicted octanol–water partition coefficient (Wildman–Crippen LogP) is 2.81. The molecule has 1 atom stereocenters. The highest BCUT2D eigenvalue weighted by Crippen LogP contribution is 2.38. The Bertz CT molecular complexity index is 1020. The highest BCUT2D eigenvalue weighted by atomic mass is 16.7. The van der Waals surface area contributed by atoms with E-state index in [0.717, 1.165) is 5.46 Å². The summed E-state index contributed by atoms with van der Waals surface area (Å²) in [6.45, 7) is 20.9. The van der Waals surface area contributed by atoms with Gasteiger partial charge < -0.3 is 33.8 Å². The number of carbonyl (C=O) groups excluding carboxylic acids is 1. The van der Waals surface area contributed by atoms with Crippen LogP contribution >= 0.6 is 0 Å². The molecule has 0 bridgehead atoms. The van der Waals surface area contributed by atoms with Crippen LogP contribution in [0.2, 0.25) is 0 Å². The second-order valence-corrected chi connectivity index (χ2v) is 12.9. The third-order valence-corrected chi connectivity index (χ3v) is 7.62. The lowest BCUT2D eigenvalue weighted by atomic mass is 9.69. The Morgan fingerprint density at radius 3 is 1.78 bits per heavy atom. The lowest BCUT2D eigenvalue weighted by Crippen LogP contribution is -2.47. The maximum atomic E-state index is 12.3. The van der Waals surface area contributed by atoms with Crippen LogP contribution in [0.15, 0.2) is 18.2 Å². The third-order valence-electron chi connectivity index (χ3n) is 7.62. The van der Waals surface area contributed by atoms with E-state index in [4.69, 9.17) is 23.4 Å². The number of carboxylic acid groups (broad SMARTS) is 1. The van der Waals surface area contributed by atoms with Crippen molar-refractivity contribution >= 4 is 37.2 Å². The van der Waals surface area contributed by atoms with Crippen molar-refractivity contribution in [2.75, 3.05) is 0 Å². The largest absolute Gasteiger partial charge is 0.495 e. The summed E-state index contributed by atoms with van der Waals surface area (Å²) in [4.78, 5) is 24.4. The van der Waals surface area contributed by atoms with E-state index in [9.17, 15) is 14.7 Å². The van der Waals surface area contributed by atoms with Crippen LogP contribution in [0.4, 0.5) is 4.79 Å². The number of rotatable bonds is 6. The molecule has 0 radical (unpaired) electrons. The average molecular weight is 517 g/mol. The van der Waals surface area contributed by atoms with Gasteiger partial charge in [-0.15, -0.1) is 0 Å². The molecule has 2 N–H and O–H groups in total. The number of aliphatic carboxylic acids is 1. The molecule has 1 amide bonds. The number of ether oxygens (including phenoxy) is 1. The minimum absolute atomic E-state index is 0.00235. The molecule has 0 spiro atoms. The fraction of sp³-hybridized carbons (Fsp3) is 0.692. The van der Waals surface area contributed by atoms with Gasteiger partial charge in [0.25, 0.3) is 0 Å². The Hall–Kier alpha value is -2.07. The van der Waals surface area contributed by atoms with Crippen LogP contribution in [0, 0.1) is 0 Å². The summed E-state index contributed by atoms with van der Waals surface area (Å²) in [6, 6.07) is 4.32. The first-order valence-electron chi connectivity index (χ1n) is 12.7. The van der Waals surface area contributed by atoms with Gasteiger partial charge in [-0.25, -0.2) is 9.59 Å². The molecule has 37 heavy (non-hydrogen) atoms. The molecule has 0 aliphatic carbocycles. The smallest absolute Gasteiger partial charge is 0.480 e. The van der Waals surface area contributed by atoms with E-state index in [2.05, 4.69) is 5.32 Å². The Labute approximate surface area is 221 Å². The standard InChI is InChI=1S/C26H41B2NO8/c1-22(2,3)33-21(32)29-19(20(30)31)14-16-12-13-17(27-34-23(4,5)24(6,7)35-27)15-18(16)28-36-25(8,9)26(10,11)37-28/h12-13,15,19H,14H2,1-11H3,(H,29,32)(H,30,31)/t19-/m0/s1. The van der Waals surface area contributed by atoms with Crippen LogP contribution in [0.25, 0.3) is 0 Å². The molecule has 204 valence electrons. The van der Waals surface area contributed by atoms with Crippen molar-refractivity contribution in [3.63, 3.8) is 0 Å². The van der Waals surface area contributed by atoms with E-state index in [1.165, 1.54) is 0 Å². The summed E-state index contributed by atoms with van der Waals surface area (Å²) in [6.07, 6.45) is -0.802. The molecule has 2 aliphatic heterocycles. The Balaban J connectivity index is 1.97. The van der Waals surface area contributed by atoms with Gasteiger partial charge in [0.05, 0.1) is 22.4 Å². The Morgan fingerprint density at radius 1 is 0.892 bits per heavy atom. The number of hydrogen-bond donors (Lipinski definition) is 2. The number of carbonyl (C=O) groups is 2. The molecule has 2 fully saturated rings. The molecule has 0 saturated carbocycles. The predicted molar refractivity (Wildman–Crippen MR) is 142 cm³/mol. The van der Waals surface area contributed by atoms with Gasteiger partial charge in [-0.3, -0.25) is 0 Å². The summed E-state index contributed by atoms with van der Waals surface area (Å²) < 4.78 is 30.4. The molecule has 11 heteroatoms. The lowest BCUT2D eigenvalue weighted by molar-refractivity contribution is -0.139. The van der Waals surface area contributed by atoms with Gasteiger partial charge in [-0.05, 0) is 92.7 Å². The molecule has 2 aliphatic rings. The lowest BCUT2D eigenvalue weighted by Gasteiger charge is -2.32. The number of benzene rings is 1. The van der Waals surface area contributed by atoms with Crippen molar-refractivity contribution in [3.8, 4) is 0 Å². The topological polar surface area (TPSA) is 113 Å². The summed E-state index contributed by atoms with van der Waals surface area (Å²) in [5.74, 6) is -1.18.